The van der Waals surface area contributed by atoms with Crippen LogP contribution in [-0.4, -0.2) is 24.3 Å². The van der Waals surface area contributed by atoms with Crippen molar-refractivity contribution in [2.24, 2.45) is 5.10 Å². The fourth-order valence-electron chi connectivity index (χ4n) is 2.18. The predicted octanol–water partition coefficient (Wildman–Crippen LogP) is 3.54. The van der Waals surface area contributed by atoms with E-state index < -0.39 is 0 Å². The van der Waals surface area contributed by atoms with E-state index in [9.17, 15) is 9.90 Å². The average molecular weight is 377 g/mol. The number of phenolic OH excluding ortho intramolecular Hbond substituents is 1. The number of carbonyl (C=O) groups excluding carboxylic acids is 1. The Hall–Kier alpha value is -2.34. The molecule has 0 aliphatic carbocycles. The zero-order valence-corrected chi connectivity index (χ0v) is 14.6. The number of aryl methyl sites for hydroxylation is 2. The SMILES string of the molecule is COc1cc(Br)cc(/C=N/NC(=O)c2cc(C)cc(C)c2)c1O. The van der Waals surface area contributed by atoms with E-state index in [-0.39, 0.29) is 11.7 Å². The number of hydrogen-bond acceptors (Lipinski definition) is 4. The van der Waals surface area contributed by atoms with Crippen molar-refractivity contribution >= 4 is 28.1 Å². The van der Waals surface area contributed by atoms with Crippen LogP contribution in [0.5, 0.6) is 11.5 Å². The van der Waals surface area contributed by atoms with E-state index in [2.05, 4.69) is 26.5 Å². The fraction of sp³-hybridized carbons (Fsp3) is 0.176. The van der Waals surface area contributed by atoms with E-state index in [0.29, 0.717) is 16.9 Å². The minimum absolute atomic E-state index is 0.0416. The molecule has 5 nitrogen and oxygen atoms in total. The molecule has 1 amide bonds. The number of hydrogen-bond donors (Lipinski definition) is 2. The van der Waals surface area contributed by atoms with Gasteiger partial charge in [-0.05, 0) is 38.1 Å². The smallest absolute Gasteiger partial charge is 0.271 e. The number of methoxy groups -OCH3 is 1. The standard InChI is InChI=1S/C17H17BrN2O3/c1-10-4-11(2)6-12(5-10)17(22)20-19-9-13-7-14(18)8-15(23-3)16(13)21/h4-9,21H,1-3H3,(H,20,22)/b19-9+. The molecule has 0 spiro atoms. The van der Waals surface area contributed by atoms with Gasteiger partial charge in [-0.1, -0.05) is 33.1 Å². The van der Waals surface area contributed by atoms with Crippen molar-refractivity contribution in [3.05, 3.63) is 57.1 Å². The first-order chi connectivity index (χ1) is 10.9. The predicted molar refractivity (Wildman–Crippen MR) is 93.3 cm³/mol. The molecule has 0 radical (unpaired) electrons. The van der Waals surface area contributed by atoms with Crippen molar-refractivity contribution in [3.63, 3.8) is 0 Å². The number of carbonyl (C=O) groups is 1. The largest absolute Gasteiger partial charge is 0.504 e. The molecule has 2 aromatic rings. The first kappa shape index (κ1) is 17.0. The first-order valence-corrected chi connectivity index (χ1v) is 7.68. The van der Waals surface area contributed by atoms with E-state index in [1.165, 1.54) is 13.3 Å². The summed E-state index contributed by atoms with van der Waals surface area (Å²) in [5, 5.41) is 13.9. The van der Waals surface area contributed by atoms with Crippen LogP contribution < -0.4 is 10.2 Å². The summed E-state index contributed by atoms with van der Waals surface area (Å²) in [6.07, 6.45) is 1.36. The lowest BCUT2D eigenvalue weighted by Gasteiger charge is -2.07. The number of benzene rings is 2. The van der Waals surface area contributed by atoms with Crippen molar-refractivity contribution in [3.8, 4) is 11.5 Å². The Bertz CT molecular complexity index is 752. The molecule has 0 aliphatic rings. The zero-order valence-electron chi connectivity index (χ0n) is 13.1. The summed E-state index contributed by atoms with van der Waals surface area (Å²) in [5.74, 6) is -0.0314. The summed E-state index contributed by atoms with van der Waals surface area (Å²) in [6, 6.07) is 8.88. The molecule has 0 heterocycles. The Labute approximate surface area is 143 Å². The van der Waals surface area contributed by atoms with E-state index >= 15 is 0 Å². The van der Waals surface area contributed by atoms with E-state index in [1.807, 2.05) is 19.9 Å². The monoisotopic (exact) mass is 376 g/mol. The number of rotatable bonds is 4. The molecule has 0 unspecified atom stereocenters. The Kier molecular flexibility index (Phi) is 5.39. The van der Waals surface area contributed by atoms with Gasteiger partial charge in [0, 0.05) is 15.6 Å². The summed E-state index contributed by atoms with van der Waals surface area (Å²) < 4.78 is 5.79. The van der Waals surface area contributed by atoms with Crippen LogP contribution in [0.4, 0.5) is 0 Å². The van der Waals surface area contributed by atoms with E-state index in [1.54, 1.807) is 24.3 Å². The van der Waals surface area contributed by atoms with Crippen molar-refractivity contribution < 1.29 is 14.6 Å². The van der Waals surface area contributed by atoms with Crippen LogP contribution in [0.25, 0.3) is 0 Å². The van der Waals surface area contributed by atoms with Gasteiger partial charge < -0.3 is 9.84 Å². The van der Waals surface area contributed by atoms with Gasteiger partial charge in [0.2, 0.25) is 0 Å². The average Bonchev–Trinajstić information content (AvgIpc) is 2.49. The maximum Gasteiger partial charge on any atom is 0.271 e. The summed E-state index contributed by atoms with van der Waals surface area (Å²) in [5.41, 5.74) is 5.43. The molecule has 2 N–H and O–H groups in total. The van der Waals surface area contributed by atoms with Crippen LogP contribution >= 0.6 is 15.9 Å². The van der Waals surface area contributed by atoms with Crippen LogP contribution in [-0.2, 0) is 0 Å². The van der Waals surface area contributed by atoms with Gasteiger partial charge in [0.15, 0.2) is 11.5 Å². The lowest BCUT2D eigenvalue weighted by Crippen LogP contribution is -2.17. The summed E-state index contributed by atoms with van der Waals surface area (Å²) in [4.78, 5) is 12.1. The molecule has 0 bridgehead atoms. The van der Waals surface area contributed by atoms with Gasteiger partial charge in [0.25, 0.3) is 5.91 Å². The number of halogens is 1. The Balaban J connectivity index is 2.15. The second-order valence-electron chi connectivity index (χ2n) is 5.12. The van der Waals surface area contributed by atoms with Gasteiger partial charge in [-0.3, -0.25) is 4.79 Å². The molecule has 0 fully saturated rings. The Morgan fingerprint density at radius 2 is 1.87 bits per heavy atom. The maximum atomic E-state index is 12.1. The quantitative estimate of drug-likeness (QED) is 0.633. The number of hydrazone groups is 1. The third-order valence-electron chi connectivity index (χ3n) is 3.14. The minimum atomic E-state index is -0.311. The summed E-state index contributed by atoms with van der Waals surface area (Å²) in [6.45, 7) is 3.86. The second kappa shape index (κ2) is 7.28. The van der Waals surface area contributed by atoms with Crippen molar-refractivity contribution in [2.45, 2.75) is 13.8 Å². The highest BCUT2D eigenvalue weighted by atomic mass is 79.9. The van der Waals surface area contributed by atoms with Gasteiger partial charge in [0.05, 0.1) is 13.3 Å². The van der Waals surface area contributed by atoms with Gasteiger partial charge in [-0.25, -0.2) is 5.43 Å². The summed E-state index contributed by atoms with van der Waals surface area (Å²) in [7, 11) is 1.46. The number of phenols is 1. The van der Waals surface area contributed by atoms with Crippen molar-refractivity contribution in [1.29, 1.82) is 0 Å². The lowest BCUT2D eigenvalue weighted by molar-refractivity contribution is 0.0955. The zero-order chi connectivity index (χ0) is 17.0. The molecule has 2 aromatic carbocycles. The molecular formula is C17H17BrN2O3. The molecular weight excluding hydrogens is 360 g/mol. The highest BCUT2D eigenvalue weighted by Gasteiger charge is 2.09. The van der Waals surface area contributed by atoms with Crippen LogP contribution in [0, 0.1) is 13.8 Å². The molecule has 6 heteroatoms. The molecule has 0 atom stereocenters. The van der Waals surface area contributed by atoms with Crippen molar-refractivity contribution in [1.82, 2.24) is 5.43 Å². The lowest BCUT2D eigenvalue weighted by atomic mass is 10.1. The Morgan fingerprint density at radius 1 is 1.22 bits per heavy atom. The maximum absolute atomic E-state index is 12.1. The molecule has 0 aromatic heterocycles. The van der Waals surface area contributed by atoms with E-state index in [0.717, 1.165) is 15.6 Å². The van der Waals surface area contributed by atoms with Gasteiger partial charge >= 0.3 is 0 Å². The molecule has 0 saturated carbocycles. The minimum Gasteiger partial charge on any atom is -0.504 e. The highest BCUT2D eigenvalue weighted by molar-refractivity contribution is 9.10. The number of nitrogens with one attached hydrogen (secondary N) is 1. The highest BCUT2D eigenvalue weighted by Crippen LogP contribution is 2.32. The van der Waals surface area contributed by atoms with Crippen molar-refractivity contribution in [2.75, 3.05) is 7.11 Å². The third-order valence-corrected chi connectivity index (χ3v) is 3.60. The van der Waals surface area contributed by atoms with E-state index in [4.69, 9.17) is 4.74 Å². The third kappa shape index (κ3) is 4.32. The van der Waals surface area contributed by atoms with Crippen LogP contribution in [0.15, 0.2) is 39.9 Å². The van der Waals surface area contributed by atoms with Gasteiger partial charge in [-0.15, -0.1) is 0 Å². The fourth-order valence-corrected chi connectivity index (χ4v) is 2.63. The molecule has 0 aliphatic heterocycles. The number of amides is 1. The molecule has 0 saturated heterocycles. The number of nitrogens with zero attached hydrogens (tertiary/aromatic N) is 1. The van der Waals surface area contributed by atoms with Crippen LogP contribution in [0.2, 0.25) is 0 Å². The molecule has 2 rings (SSSR count). The molecule has 120 valence electrons. The topological polar surface area (TPSA) is 70.9 Å². The normalized spacial score (nSPS) is 10.8. The van der Waals surface area contributed by atoms with Gasteiger partial charge in [-0.2, -0.15) is 5.10 Å². The van der Waals surface area contributed by atoms with Gasteiger partial charge in [0.1, 0.15) is 0 Å². The van der Waals surface area contributed by atoms with Crippen LogP contribution in [0.1, 0.15) is 27.0 Å². The molecule has 23 heavy (non-hydrogen) atoms. The Morgan fingerprint density at radius 3 is 2.48 bits per heavy atom. The van der Waals surface area contributed by atoms with Crippen LogP contribution in [0.3, 0.4) is 0 Å². The number of aromatic hydroxyl groups is 1. The number of ether oxygens (including phenoxy) is 1. The second-order valence-corrected chi connectivity index (χ2v) is 6.04. The first-order valence-electron chi connectivity index (χ1n) is 6.89. The summed E-state index contributed by atoms with van der Waals surface area (Å²) >= 11 is 3.32.